The maximum atomic E-state index is 12.3. The van der Waals surface area contributed by atoms with E-state index in [0.717, 1.165) is 0 Å². The lowest BCUT2D eigenvalue weighted by Crippen LogP contribution is -2.51. The summed E-state index contributed by atoms with van der Waals surface area (Å²) in [5.41, 5.74) is -0.778. The Bertz CT molecular complexity index is 553. The molecule has 1 saturated heterocycles. The van der Waals surface area contributed by atoms with Crippen molar-refractivity contribution in [3.05, 3.63) is 12.2 Å². The van der Waals surface area contributed by atoms with Crippen molar-refractivity contribution in [1.82, 2.24) is 5.32 Å². The number of carboxylic acid groups (broad SMARTS) is 1. The van der Waals surface area contributed by atoms with Gasteiger partial charge in [-0.2, -0.15) is 0 Å². The lowest BCUT2D eigenvalue weighted by Gasteiger charge is -2.30. The van der Waals surface area contributed by atoms with Gasteiger partial charge >= 0.3 is 5.97 Å². The number of nitrogens with one attached hydrogen (secondary N) is 1. The summed E-state index contributed by atoms with van der Waals surface area (Å²) in [5, 5.41) is 11.9. The predicted octanol–water partition coefficient (Wildman–Crippen LogP) is 0.347. The number of aliphatic carboxylic acids is 1. The van der Waals surface area contributed by atoms with Gasteiger partial charge in [-0.3, -0.25) is 9.59 Å². The Morgan fingerprint density at radius 1 is 1.25 bits per heavy atom. The van der Waals surface area contributed by atoms with Crippen LogP contribution in [0.3, 0.4) is 0 Å². The number of hydrogen-bond acceptors (Lipinski definition) is 4. The number of carbonyl (C=O) groups is 2. The van der Waals surface area contributed by atoms with Crippen molar-refractivity contribution in [2.45, 2.75) is 31.7 Å². The van der Waals surface area contributed by atoms with Gasteiger partial charge in [0, 0.05) is 0 Å². The summed E-state index contributed by atoms with van der Waals surface area (Å²) in [6.45, 7) is 1.70. The van der Waals surface area contributed by atoms with Gasteiger partial charge in [0.2, 0.25) is 5.91 Å². The van der Waals surface area contributed by atoms with Crippen molar-refractivity contribution >= 4 is 21.7 Å². The molecule has 2 aliphatic rings. The molecule has 0 aromatic heterocycles. The monoisotopic (exact) mass is 301 g/mol. The highest BCUT2D eigenvalue weighted by molar-refractivity contribution is 7.91. The van der Waals surface area contributed by atoms with Gasteiger partial charge < -0.3 is 10.4 Å². The van der Waals surface area contributed by atoms with E-state index < -0.39 is 33.2 Å². The molecule has 112 valence electrons. The topological polar surface area (TPSA) is 101 Å². The largest absolute Gasteiger partial charge is 0.481 e. The molecule has 0 radical (unpaired) electrons. The molecule has 0 saturated carbocycles. The zero-order chi connectivity index (χ0) is 15.0. The minimum Gasteiger partial charge on any atom is -0.481 e. The molecule has 1 aliphatic heterocycles. The van der Waals surface area contributed by atoms with Crippen LogP contribution in [-0.4, -0.2) is 42.4 Å². The third kappa shape index (κ3) is 3.20. The van der Waals surface area contributed by atoms with Crippen LogP contribution in [0.2, 0.25) is 0 Å². The maximum Gasteiger partial charge on any atom is 0.307 e. The van der Waals surface area contributed by atoms with E-state index in [0.29, 0.717) is 19.3 Å². The Kier molecular flexibility index (Phi) is 3.90. The molecule has 1 heterocycles. The Morgan fingerprint density at radius 2 is 1.85 bits per heavy atom. The molecular weight excluding hydrogens is 282 g/mol. The minimum absolute atomic E-state index is 0.0662. The highest BCUT2D eigenvalue weighted by atomic mass is 32.2. The molecule has 2 rings (SSSR count). The zero-order valence-electron chi connectivity index (χ0n) is 11.3. The molecule has 0 aromatic carbocycles. The quantitative estimate of drug-likeness (QED) is 0.732. The van der Waals surface area contributed by atoms with Gasteiger partial charge in [-0.15, -0.1) is 0 Å². The fourth-order valence-electron chi connectivity index (χ4n) is 2.88. The first kappa shape index (κ1) is 15.0. The van der Waals surface area contributed by atoms with Crippen LogP contribution in [0, 0.1) is 11.8 Å². The summed E-state index contributed by atoms with van der Waals surface area (Å²) < 4.78 is 23.0. The first-order valence-corrected chi connectivity index (χ1v) is 8.45. The van der Waals surface area contributed by atoms with E-state index in [2.05, 4.69) is 5.32 Å². The van der Waals surface area contributed by atoms with Crippen molar-refractivity contribution in [2.24, 2.45) is 11.8 Å². The molecular formula is C13H19NO5S. The SMILES string of the molecule is CC1(NC(=O)C2CC=CCC2C(=O)O)CCS(=O)(=O)C1. The molecule has 3 unspecified atom stereocenters. The van der Waals surface area contributed by atoms with Crippen LogP contribution in [-0.2, 0) is 19.4 Å². The number of amides is 1. The summed E-state index contributed by atoms with van der Waals surface area (Å²) in [6.07, 6.45) is 4.66. The Hall–Kier alpha value is -1.37. The van der Waals surface area contributed by atoms with Crippen molar-refractivity contribution < 1.29 is 23.1 Å². The Labute approximate surface area is 118 Å². The van der Waals surface area contributed by atoms with E-state index in [4.69, 9.17) is 5.11 Å². The molecule has 1 amide bonds. The summed E-state index contributed by atoms with van der Waals surface area (Å²) in [6, 6.07) is 0. The first-order chi connectivity index (χ1) is 9.22. The number of hydrogen-bond donors (Lipinski definition) is 2. The van der Waals surface area contributed by atoms with Crippen LogP contribution in [0.5, 0.6) is 0 Å². The smallest absolute Gasteiger partial charge is 0.307 e. The third-order valence-corrected chi connectivity index (χ3v) is 5.92. The molecule has 6 nitrogen and oxygen atoms in total. The van der Waals surface area contributed by atoms with Gasteiger partial charge in [-0.25, -0.2) is 8.42 Å². The molecule has 1 aliphatic carbocycles. The Balaban J connectivity index is 2.08. The molecule has 3 atom stereocenters. The summed E-state index contributed by atoms with van der Waals surface area (Å²) in [7, 11) is -3.11. The van der Waals surface area contributed by atoms with E-state index in [9.17, 15) is 18.0 Å². The van der Waals surface area contributed by atoms with Crippen LogP contribution >= 0.6 is 0 Å². The van der Waals surface area contributed by atoms with Gasteiger partial charge in [0.15, 0.2) is 9.84 Å². The lowest BCUT2D eigenvalue weighted by atomic mass is 9.82. The molecule has 7 heteroatoms. The normalized spacial score (nSPS) is 35.6. The van der Waals surface area contributed by atoms with E-state index in [1.54, 1.807) is 19.1 Å². The van der Waals surface area contributed by atoms with E-state index in [1.165, 1.54) is 0 Å². The molecule has 0 spiro atoms. The summed E-state index contributed by atoms with van der Waals surface area (Å²) in [4.78, 5) is 23.5. The second-order valence-electron chi connectivity index (χ2n) is 5.89. The highest BCUT2D eigenvalue weighted by Crippen LogP contribution is 2.29. The Morgan fingerprint density at radius 3 is 2.35 bits per heavy atom. The molecule has 20 heavy (non-hydrogen) atoms. The van der Waals surface area contributed by atoms with Crippen LogP contribution in [0.1, 0.15) is 26.2 Å². The fourth-order valence-corrected chi connectivity index (χ4v) is 4.97. The van der Waals surface area contributed by atoms with Gasteiger partial charge in [0.1, 0.15) is 0 Å². The average Bonchev–Trinajstić information content (AvgIpc) is 2.63. The number of carboxylic acids is 1. The zero-order valence-corrected chi connectivity index (χ0v) is 12.1. The average molecular weight is 301 g/mol. The molecule has 1 fully saturated rings. The number of allylic oxidation sites excluding steroid dienone is 2. The van der Waals surface area contributed by atoms with Gasteiger partial charge in [-0.05, 0) is 26.2 Å². The van der Waals surface area contributed by atoms with Gasteiger partial charge in [0.25, 0.3) is 0 Å². The molecule has 0 bridgehead atoms. The fraction of sp³-hybridized carbons (Fsp3) is 0.692. The van der Waals surface area contributed by atoms with Gasteiger partial charge in [0.05, 0.1) is 28.9 Å². The summed E-state index contributed by atoms with van der Waals surface area (Å²) >= 11 is 0. The number of carbonyl (C=O) groups excluding carboxylic acids is 1. The second kappa shape index (κ2) is 5.20. The number of sulfone groups is 1. The van der Waals surface area contributed by atoms with E-state index in [1.807, 2.05) is 0 Å². The van der Waals surface area contributed by atoms with Crippen molar-refractivity contribution in [3.63, 3.8) is 0 Å². The predicted molar refractivity (Wildman–Crippen MR) is 72.8 cm³/mol. The van der Waals surface area contributed by atoms with E-state index in [-0.39, 0.29) is 17.4 Å². The van der Waals surface area contributed by atoms with Crippen molar-refractivity contribution in [2.75, 3.05) is 11.5 Å². The van der Waals surface area contributed by atoms with Crippen LogP contribution in [0.4, 0.5) is 0 Å². The summed E-state index contributed by atoms with van der Waals surface area (Å²) in [5.74, 6) is -2.72. The molecule has 2 N–H and O–H groups in total. The molecule has 0 aromatic rings. The first-order valence-electron chi connectivity index (χ1n) is 6.63. The second-order valence-corrected chi connectivity index (χ2v) is 8.07. The van der Waals surface area contributed by atoms with Crippen LogP contribution < -0.4 is 5.32 Å². The minimum atomic E-state index is -3.11. The van der Waals surface area contributed by atoms with Crippen LogP contribution in [0.25, 0.3) is 0 Å². The van der Waals surface area contributed by atoms with Crippen LogP contribution in [0.15, 0.2) is 12.2 Å². The maximum absolute atomic E-state index is 12.3. The third-order valence-electron chi connectivity index (χ3n) is 4.01. The standard InChI is InChI=1S/C13H19NO5S/c1-13(6-7-20(18,19)8-13)14-11(15)9-4-2-3-5-10(9)12(16)17/h2-3,9-10H,4-8H2,1H3,(H,14,15)(H,16,17). The number of rotatable bonds is 3. The van der Waals surface area contributed by atoms with E-state index >= 15 is 0 Å². The van der Waals surface area contributed by atoms with Crippen molar-refractivity contribution in [1.29, 1.82) is 0 Å². The highest BCUT2D eigenvalue weighted by Gasteiger charge is 2.42. The lowest BCUT2D eigenvalue weighted by molar-refractivity contribution is -0.147. The van der Waals surface area contributed by atoms with Gasteiger partial charge in [-0.1, -0.05) is 12.2 Å². The van der Waals surface area contributed by atoms with Crippen molar-refractivity contribution in [3.8, 4) is 0 Å².